The molecule has 0 radical (unpaired) electrons. The van der Waals surface area contributed by atoms with Crippen LogP contribution in [0.4, 0.5) is 11.5 Å². The fraction of sp³-hybridized carbons (Fsp3) is 0.750. The lowest BCUT2D eigenvalue weighted by atomic mass is 10.2. The van der Waals surface area contributed by atoms with Gasteiger partial charge in [-0.05, 0) is 20.3 Å². The van der Waals surface area contributed by atoms with Crippen molar-refractivity contribution in [3.8, 4) is 0 Å². The van der Waals surface area contributed by atoms with Gasteiger partial charge in [-0.15, -0.1) is 0 Å². The van der Waals surface area contributed by atoms with Gasteiger partial charge in [0.1, 0.15) is 0 Å². The SMILES string of the molecule is CCC1CN(c2c(N)c(C)nn2CC)CCO1. The number of aromatic nitrogens is 2. The largest absolute Gasteiger partial charge is 0.394 e. The molecular formula is C12H22N4O. The van der Waals surface area contributed by atoms with Crippen LogP contribution in [0.25, 0.3) is 0 Å². The first-order valence-electron chi connectivity index (χ1n) is 6.36. The molecule has 1 aliphatic rings. The highest BCUT2D eigenvalue weighted by atomic mass is 16.5. The lowest BCUT2D eigenvalue weighted by Gasteiger charge is -2.34. The van der Waals surface area contributed by atoms with E-state index in [1.807, 2.05) is 11.6 Å². The summed E-state index contributed by atoms with van der Waals surface area (Å²) in [5, 5.41) is 4.46. The zero-order valence-electron chi connectivity index (χ0n) is 10.9. The minimum Gasteiger partial charge on any atom is -0.394 e. The summed E-state index contributed by atoms with van der Waals surface area (Å²) in [4.78, 5) is 2.30. The summed E-state index contributed by atoms with van der Waals surface area (Å²) in [7, 11) is 0. The number of nitrogens with zero attached hydrogens (tertiary/aromatic N) is 3. The van der Waals surface area contributed by atoms with Crippen LogP contribution >= 0.6 is 0 Å². The van der Waals surface area contributed by atoms with Gasteiger partial charge in [0, 0.05) is 19.6 Å². The van der Waals surface area contributed by atoms with Gasteiger partial charge in [-0.25, -0.2) is 4.68 Å². The van der Waals surface area contributed by atoms with Crippen LogP contribution in [-0.2, 0) is 11.3 Å². The third kappa shape index (κ3) is 2.24. The van der Waals surface area contributed by atoms with Crippen molar-refractivity contribution >= 4 is 11.5 Å². The number of nitrogen functional groups attached to an aromatic ring is 1. The topological polar surface area (TPSA) is 56.3 Å². The Morgan fingerprint density at radius 2 is 2.24 bits per heavy atom. The van der Waals surface area contributed by atoms with E-state index >= 15 is 0 Å². The Morgan fingerprint density at radius 3 is 2.88 bits per heavy atom. The molecule has 0 bridgehead atoms. The van der Waals surface area contributed by atoms with Crippen molar-refractivity contribution in [2.45, 2.75) is 39.8 Å². The van der Waals surface area contributed by atoms with Gasteiger partial charge in [0.15, 0.2) is 5.82 Å². The lowest BCUT2D eigenvalue weighted by Crippen LogP contribution is -2.43. The summed E-state index contributed by atoms with van der Waals surface area (Å²) in [6.07, 6.45) is 1.35. The van der Waals surface area contributed by atoms with Crippen LogP contribution in [0, 0.1) is 6.92 Å². The van der Waals surface area contributed by atoms with Gasteiger partial charge in [-0.2, -0.15) is 5.10 Å². The molecule has 2 heterocycles. The van der Waals surface area contributed by atoms with E-state index in [4.69, 9.17) is 10.5 Å². The molecule has 2 N–H and O–H groups in total. The number of aryl methyl sites for hydroxylation is 2. The van der Waals surface area contributed by atoms with Crippen molar-refractivity contribution in [3.05, 3.63) is 5.69 Å². The average Bonchev–Trinajstić information content (AvgIpc) is 2.65. The second-order valence-corrected chi connectivity index (χ2v) is 4.49. The summed E-state index contributed by atoms with van der Waals surface area (Å²) in [6.45, 7) is 9.63. The fourth-order valence-electron chi connectivity index (χ4n) is 2.30. The van der Waals surface area contributed by atoms with E-state index in [1.165, 1.54) is 0 Å². The van der Waals surface area contributed by atoms with Crippen LogP contribution in [0.1, 0.15) is 26.0 Å². The van der Waals surface area contributed by atoms with Crippen LogP contribution in [0.2, 0.25) is 0 Å². The van der Waals surface area contributed by atoms with Crippen molar-refractivity contribution in [1.29, 1.82) is 0 Å². The van der Waals surface area contributed by atoms with E-state index in [0.717, 1.165) is 49.9 Å². The number of morpholine rings is 1. The quantitative estimate of drug-likeness (QED) is 0.865. The first kappa shape index (κ1) is 12.2. The normalized spacial score (nSPS) is 20.9. The molecule has 1 atom stereocenters. The summed E-state index contributed by atoms with van der Waals surface area (Å²) in [5.74, 6) is 1.06. The number of anilines is 2. The van der Waals surface area contributed by atoms with Crippen LogP contribution in [-0.4, -0.2) is 35.6 Å². The molecule has 0 aromatic carbocycles. The number of ether oxygens (including phenoxy) is 1. The maximum absolute atomic E-state index is 6.13. The zero-order chi connectivity index (χ0) is 12.4. The van der Waals surface area contributed by atoms with Crippen LogP contribution in [0.5, 0.6) is 0 Å². The van der Waals surface area contributed by atoms with Gasteiger partial charge < -0.3 is 15.4 Å². The molecule has 2 rings (SSSR count). The molecule has 1 aromatic rings. The molecule has 96 valence electrons. The molecule has 0 aliphatic carbocycles. The zero-order valence-corrected chi connectivity index (χ0v) is 10.9. The van der Waals surface area contributed by atoms with Gasteiger partial charge in [-0.3, -0.25) is 0 Å². The van der Waals surface area contributed by atoms with E-state index in [0.29, 0.717) is 6.10 Å². The van der Waals surface area contributed by atoms with E-state index in [2.05, 4.69) is 23.8 Å². The van der Waals surface area contributed by atoms with Crippen LogP contribution in [0.15, 0.2) is 0 Å². The van der Waals surface area contributed by atoms with Crippen LogP contribution < -0.4 is 10.6 Å². The van der Waals surface area contributed by atoms with Crippen molar-refractivity contribution in [3.63, 3.8) is 0 Å². The van der Waals surface area contributed by atoms with Crippen molar-refractivity contribution < 1.29 is 4.74 Å². The highest BCUT2D eigenvalue weighted by Gasteiger charge is 2.24. The van der Waals surface area contributed by atoms with Crippen molar-refractivity contribution in [2.75, 3.05) is 30.3 Å². The minimum atomic E-state index is 0.309. The monoisotopic (exact) mass is 238 g/mol. The molecule has 1 unspecified atom stereocenters. The lowest BCUT2D eigenvalue weighted by molar-refractivity contribution is 0.0379. The molecular weight excluding hydrogens is 216 g/mol. The van der Waals surface area contributed by atoms with Crippen LogP contribution in [0.3, 0.4) is 0 Å². The molecule has 1 saturated heterocycles. The van der Waals surface area contributed by atoms with E-state index in [-0.39, 0.29) is 0 Å². The summed E-state index contributed by atoms with van der Waals surface area (Å²) in [5.41, 5.74) is 7.86. The standard InChI is InChI=1S/C12H22N4O/c1-4-10-8-15(6-7-17-10)12-11(13)9(3)14-16(12)5-2/h10H,4-8,13H2,1-3H3. The molecule has 0 saturated carbocycles. The smallest absolute Gasteiger partial charge is 0.150 e. The van der Waals surface area contributed by atoms with E-state index in [9.17, 15) is 0 Å². The minimum absolute atomic E-state index is 0.309. The Bertz CT molecular complexity index is 388. The Morgan fingerprint density at radius 1 is 1.47 bits per heavy atom. The molecule has 17 heavy (non-hydrogen) atoms. The van der Waals surface area contributed by atoms with Gasteiger partial charge in [-0.1, -0.05) is 6.92 Å². The molecule has 1 fully saturated rings. The third-order valence-corrected chi connectivity index (χ3v) is 3.34. The summed E-state index contributed by atoms with van der Waals surface area (Å²) >= 11 is 0. The summed E-state index contributed by atoms with van der Waals surface area (Å²) in [6, 6.07) is 0. The highest BCUT2D eigenvalue weighted by molar-refractivity contribution is 5.66. The Hall–Kier alpha value is -1.23. The third-order valence-electron chi connectivity index (χ3n) is 3.34. The molecule has 1 aromatic heterocycles. The maximum Gasteiger partial charge on any atom is 0.150 e. The Kier molecular flexibility index (Phi) is 3.57. The van der Waals surface area contributed by atoms with Gasteiger partial charge >= 0.3 is 0 Å². The van der Waals surface area contributed by atoms with Gasteiger partial charge in [0.05, 0.1) is 24.1 Å². The number of hydrogen-bond acceptors (Lipinski definition) is 4. The van der Waals surface area contributed by atoms with Crippen molar-refractivity contribution in [1.82, 2.24) is 9.78 Å². The maximum atomic E-state index is 6.13. The van der Waals surface area contributed by atoms with Gasteiger partial charge in [0.2, 0.25) is 0 Å². The first-order valence-corrected chi connectivity index (χ1v) is 6.36. The Labute approximate surface area is 103 Å². The first-order chi connectivity index (χ1) is 8.17. The van der Waals surface area contributed by atoms with E-state index in [1.54, 1.807) is 0 Å². The second-order valence-electron chi connectivity index (χ2n) is 4.49. The fourth-order valence-corrected chi connectivity index (χ4v) is 2.30. The molecule has 5 nitrogen and oxygen atoms in total. The number of hydrogen-bond donors (Lipinski definition) is 1. The van der Waals surface area contributed by atoms with E-state index < -0.39 is 0 Å². The molecule has 0 amide bonds. The highest BCUT2D eigenvalue weighted by Crippen LogP contribution is 2.28. The molecule has 5 heteroatoms. The predicted octanol–water partition coefficient (Wildman–Crippen LogP) is 1.41. The molecule has 0 spiro atoms. The van der Waals surface area contributed by atoms with Crippen molar-refractivity contribution in [2.24, 2.45) is 0 Å². The Balaban J connectivity index is 2.26. The summed E-state index contributed by atoms with van der Waals surface area (Å²) < 4.78 is 7.68. The van der Waals surface area contributed by atoms with Gasteiger partial charge in [0.25, 0.3) is 0 Å². The second kappa shape index (κ2) is 4.96. The number of nitrogens with two attached hydrogens (primary N) is 1. The number of rotatable bonds is 3. The molecule has 1 aliphatic heterocycles. The average molecular weight is 238 g/mol. The predicted molar refractivity (Wildman–Crippen MR) is 69.3 cm³/mol.